The molecule has 2 amide bonds. The van der Waals surface area contributed by atoms with E-state index in [-0.39, 0.29) is 19.2 Å². The fourth-order valence-corrected chi connectivity index (χ4v) is 1.65. The molecule has 0 saturated heterocycles. The summed E-state index contributed by atoms with van der Waals surface area (Å²) in [5.74, 6) is 0. The quantitative estimate of drug-likeness (QED) is 0.807. The summed E-state index contributed by atoms with van der Waals surface area (Å²) in [6.45, 7) is 6.02. The standard InChI is InChI=1S/C13H17ClN2O2/c1-3-6-16(7-8-17)13(18)15-12-9-11(14)5-4-10(12)2/h3-5,9,17H,1,6-8H2,2H3,(H,15,18). The monoisotopic (exact) mass is 268 g/mol. The van der Waals surface area contributed by atoms with Crippen molar-refractivity contribution in [1.82, 2.24) is 4.90 Å². The molecule has 18 heavy (non-hydrogen) atoms. The number of hydrogen-bond acceptors (Lipinski definition) is 2. The molecular weight excluding hydrogens is 252 g/mol. The number of nitrogens with one attached hydrogen (secondary N) is 1. The first kappa shape index (κ1) is 14.5. The third kappa shape index (κ3) is 4.05. The van der Waals surface area contributed by atoms with Crippen LogP contribution in [-0.2, 0) is 0 Å². The van der Waals surface area contributed by atoms with E-state index in [0.29, 0.717) is 17.3 Å². The Morgan fingerprint density at radius 3 is 2.94 bits per heavy atom. The van der Waals surface area contributed by atoms with Crippen LogP contribution in [0.2, 0.25) is 5.02 Å². The van der Waals surface area contributed by atoms with E-state index in [1.54, 1.807) is 18.2 Å². The predicted octanol–water partition coefficient (Wildman–Crippen LogP) is 2.66. The smallest absolute Gasteiger partial charge is 0.322 e. The SMILES string of the molecule is C=CCN(CCO)C(=O)Nc1cc(Cl)ccc1C. The molecule has 0 atom stereocenters. The molecule has 98 valence electrons. The van der Waals surface area contributed by atoms with E-state index in [1.165, 1.54) is 4.90 Å². The normalized spacial score (nSPS) is 9.94. The van der Waals surface area contributed by atoms with Crippen molar-refractivity contribution < 1.29 is 9.90 Å². The Kier molecular flexibility index (Phi) is 5.68. The van der Waals surface area contributed by atoms with Crippen LogP contribution in [0.15, 0.2) is 30.9 Å². The molecule has 0 spiro atoms. The number of aliphatic hydroxyl groups excluding tert-OH is 1. The molecule has 5 heteroatoms. The number of anilines is 1. The van der Waals surface area contributed by atoms with Gasteiger partial charge >= 0.3 is 6.03 Å². The maximum Gasteiger partial charge on any atom is 0.322 e. The lowest BCUT2D eigenvalue weighted by molar-refractivity contribution is 0.195. The van der Waals surface area contributed by atoms with Crippen LogP contribution in [0.4, 0.5) is 10.5 Å². The highest BCUT2D eigenvalue weighted by molar-refractivity contribution is 6.31. The van der Waals surface area contributed by atoms with Gasteiger partial charge < -0.3 is 15.3 Å². The fraction of sp³-hybridized carbons (Fsp3) is 0.308. The summed E-state index contributed by atoms with van der Waals surface area (Å²) in [5, 5.41) is 12.2. The molecule has 1 aromatic carbocycles. The molecule has 0 aliphatic carbocycles. The second kappa shape index (κ2) is 7.03. The third-order valence-corrected chi connectivity index (χ3v) is 2.68. The minimum atomic E-state index is -0.283. The number of rotatable bonds is 5. The zero-order chi connectivity index (χ0) is 13.5. The van der Waals surface area contributed by atoms with E-state index in [0.717, 1.165) is 5.56 Å². The number of carbonyl (C=O) groups is 1. The average Bonchev–Trinajstić information content (AvgIpc) is 2.33. The molecule has 0 aliphatic rings. The molecule has 0 saturated carbocycles. The minimum Gasteiger partial charge on any atom is -0.395 e. The Labute approximate surface area is 112 Å². The summed E-state index contributed by atoms with van der Waals surface area (Å²) in [6.07, 6.45) is 1.61. The number of halogens is 1. The molecule has 1 aromatic rings. The first-order valence-corrected chi connectivity index (χ1v) is 6.00. The summed E-state index contributed by atoms with van der Waals surface area (Å²) in [6, 6.07) is 5.01. The largest absolute Gasteiger partial charge is 0.395 e. The zero-order valence-corrected chi connectivity index (χ0v) is 11.1. The van der Waals surface area contributed by atoms with Crippen LogP contribution >= 0.6 is 11.6 Å². The maximum absolute atomic E-state index is 12.0. The number of amides is 2. The van der Waals surface area contributed by atoms with Crippen LogP contribution < -0.4 is 5.32 Å². The van der Waals surface area contributed by atoms with E-state index in [4.69, 9.17) is 16.7 Å². The van der Waals surface area contributed by atoms with Gasteiger partial charge in [0.05, 0.1) is 6.61 Å². The molecule has 4 nitrogen and oxygen atoms in total. The lowest BCUT2D eigenvalue weighted by Crippen LogP contribution is -2.37. The van der Waals surface area contributed by atoms with Crippen molar-refractivity contribution >= 4 is 23.3 Å². The first-order valence-electron chi connectivity index (χ1n) is 5.62. The molecule has 0 fully saturated rings. The average molecular weight is 269 g/mol. The Morgan fingerprint density at radius 2 is 2.33 bits per heavy atom. The molecule has 0 unspecified atom stereocenters. The highest BCUT2D eigenvalue weighted by atomic mass is 35.5. The van der Waals surface area contributed by atoms with Gasteiger partial charge in [-0.05, 0) is 24.6 Å². The summed E-state index contributed by atoms with van der Waals surface area (Å²) < 4.78 is 0. The zero-order valence-electron chi connectivity index (χ0n) is 10.3. The molecule has 1 rings (SSSR count). The Bertz CT molecular complexity index is 435. The molecule has 0 radical (unpaired) electrons. The summed E-state index contributed by atoms with van der Waals surface area (Å²) >= 11 is 5.88. The van der Waals surface area contributed by atoms with E-state index >= 15 is 0 Å². The van der Waals surface area contributed by atoms with Crippen molar-refractivity contribution in [3.63, 3.8) is 0 Å². The minimum absolute atomic E-state index is 0.0875. The van der Waals surface area contributed by atoms with Gasteiger partial charge in [0, 0.05) is 23.8 Å². The summed E-state index contributed by atoms with van der Waals surface area (Å²) in [5.41, 5.74) is 1.59. The Hall–Kier alpha value is -1.52. The van der Waals surface area contributed by atoms with Crippen molar-refractivity contribution in [3.05, 3.63) is 41.4 Å². The molecular formula is C13H17ClN2O2. The number of hydrogen-bond donors (Lipinski definition) is 2. The summed E-state index contributed by atoms with van der Waals surface area (Å²) in [7, 11) is 0. The predicted molar refractivity (Wildman–Crippen MR) is 74.1 cm³/mol. The van der Waals surface area contributed by atoms with E-state index in [2.05, 4.69) is 11.9 Å². The number of aryl methyl sites for hydroxylation is 1. The van der Waals surface area contributed by atoms with Crippen molar-refractivity contribution in [2.45, 2.75) is 6.92 Å². The topological polar surface area (TPSA) is 52.6 Å². The van der Waals surface area contributed by atoms with Gasteiger partial charge in [0.25, 0.3) is 0 Å². The molecule has 0 aromatic heterocycles. The fourth-order valence-electron chi connectivity index (χ4n) is 1.48. The van der Waals surface area contributed by atoms with Crippen LogP contribution in [0.5, 0.6) is 0 Å². The van der Waals surface area contributed by atoms with Gasteiger partial charge in [0.15, 0.2) is 0 Å². The molecule has 0 aliphatic heterocycles. The van der Waals surface area contributed by atoms with Crippen molar-refractivity contribution in [3.8, 4) is 0 Å². The lowest BCUT2D eigenvalue weighted by Gasteiger charge is -2.21. The van der Waals surface area contributed by atoms with E-state index in [1.807, 2.05) is 13.0 Å². The van der Waals surface area contributed by atoms with Crippen LogP contribution in [0.3, 0.4) is 0 Å². The molecule has 2 N–H and O–H groups in total. The maximum atomic E-state index is 12.0. The van der Waals surface area contributed by atoms with Crippen LogP contribution in [0, 0.1) is 6.92 Å². The number of nitrogens with zero attached hydrogens (tertiary/aromatic N) is 1. The van der Waals surface area contributed by atoms with Gasteiger partial charge in [-0.2, -0.15) is 0 Å². The second-order valence-electron chi connectivity index (χ2n) is 3.85. The molecule has 0 bridgehead atoms. The molecule has 0 heterocycles. The highest BCUT2D eigenvalue weighted by Gasteiger charge is 2.12. The van der Waals surface area contributed by atoms with Gasteiger partial charge in [-0.1, -0.05) is 23.7 Å². The second-order valence-corrected chi connectivity index (χ2v) is 4.28. The summed E-state index contributed by atoms with van der Waals surface area (Å²) in [4.78, 5) is 13.4. The number of benzene rings is 1. The third-order valence-electron chi connectivity index (χ3n) is 2.45. The van der Waals surface area contributed by atoms with Crippen molar-refractivity contribution in [1.29, 1.82) is 0 Å². The van der Waals surface area contributed by atoms with Gasteiger partial charge in [-0.15, -0.1) is 6.58 Å². The van der Waals surface area contributed by atoms with Crippen LogP contribution in [0.1, 0.15) is 5.56 Å². The van der Waals surface area contributed by atoms with E-state index < -0.39 is 0 Å². The van der Waals surface area contributed by atoms with Gasteiger partial charge in [0.2, 0.25) is 0 Å². The van der Waals surface area contributed by atoms with Crippen molar-refractivity contribution in [2.75, 3.05) is 25.0 Å². The van der Waals surface area contributed by atoms with Gasteiger partial charge in [-0.25, -0.2) is 4.79 Å². The lowest BCUT2D eigenvalue weighted by atomic mass is 10.2. The Balaban J connectivity index is 2.78. The van der Waals surface area contributed by atoms with E-state index in [9.17, 15) is 4.79 Å². The van der Waals surface area contributed by atoms with Crippen molar-refractivity contribution in [2.24, 2.45) is 0 Å². The van der Waals surface area contributed by atoms with Crippen LogP contribution in [0.25, 0.3) is 0 Å². The van der Waals surface area contributed by atoms with Gasteiger partial charge in [0.1, 0.15) is 0 Å². The van der Waals surface area contributed by atoms with Gasteiger partial charge in [-0.3, -0.25) is 0 Å². The number of urea groups is 1. The number of aliphatic hydroxyl groups is 1. The highest BCUT2D eigenvalue weighted by Crippen LogP contribution is 2.20. The number of carbonyl (C=O) groups excluding carboxylic acids is 1. The Morgan fingerprint density at radius 1 is 1.61 bits per heavy atom. The first-order chi connectivity index (χ1) is 8.58. The van der Waals surface area contributed by atoms with Crippen LogP contribution in [-0.4, -0.2) is 35.7 Å².